The highest BCUT2D eigenvalue weighted by Crippen LogP contribution is 2.48. The summed E-state index contributed by atoms with van der Waals surface area (Å²) in [4.78, 5) is 0. The molecule has 1 aliphatic heterocycles. The van der Waals surface area contributed by atoms with Gasteiger partial charge in [0.15, 0.2) is 0 Å². The number of hydrogen-bond acceptors (Lipinski definition) is 3. The first-order chi connectivity index (χ1) is 9.05. The molecule has 1 saturated carbocycles. The molecule has 1 aromatic rings. The van der Waals surface area contributed by atoms with Crippen LogP contribution in [0.2, 0.25) is 0 Å². The van der Waals surface area contributed by atoms with Gasteiger partial charge in [-0.2, -0.15) is 5.10 Å². The van der Waals surface area contributed by atoms with Gasteiger partial charge in [-0.15, -0.1) is 0 Å². The minimum Gasteiger partial charge on any atom is -0.388 e. The van der Waals surface area contributed by atoms with Gasteiger partial charge >= 0.3 is 0 Å². The van der Waals surface area contributed by atoms with Gasteiger partial charge in [0.1, 0.15) is 6.23 Å². The van der Waals surface area contributed by atoms with Crippen LogP contribution in [0.3, 0.4) is 0 Å². The molecule has 0 radical (unpaired) electrons. The van der Waals surface area contributed by atoms with Crippen molar-refractivity contribution in [2.24, 2.45) is 5.92 Å². The van der Waals surface area contributed by atoms with E-state index in [1.165, 1.54) is 0 Å². The van der Waals surface area contributed by atoms with Crippen molar-refractivity contribution in [3.63, 3.8) is 0 Å². The third-order valence-electron chi connectivity index (χ3n) is 3.98. The summed E-state index contributed by atoms with van der Waals surface area (Å²) in [6.45, 7) is 0.720. The second-order valence-electron chi connectivity index (χ2n) is 5.54. The summed E-state index contributed by atoms with van der Waals surface area (Å²) >= 11 is 0. The number of aliphatic hydroxyl groups is 1. The zero-order chi connectivity index (χ0) is 13.5. The Morgan fingerprint density at radius 3 is 2.84 bits per heavy atom. The van der Waals surface area contributed by atoms with E-state index >= 15 is 0 Å². The van der Waals surface area contributed by atoms with Gasteiger partial charge in [0.25, 0.3) is 0 Å². The standard InChI is InChI=1S/C13H18F2N2O2/c14-13(15)5-9(6-13)12(18)10-7-16-17(8-10)11-3-1-2-4-19-11/h7-9,11-12,18H,1-6H2. The lowest BCUT2D eigenvalue weighted by Crippen LogP contribution is -2.38. The molecule has 0 aromatic carbocycles. The molecule has 0 amide bonds. The summed E-state index contributed by atoms with van der Waals surface area (Å²) in [6, 6.07) is 0. The number of aromatic nitrogens is 2. The Kier molecular flexibility index (Phi) is 3.30. The number of alkyl halides is 2. The van der Waals surface area contributed by atoms with Gasteiger partial charge in [0, 0.05) is 37.1 Å². The first kappa shape index (κ1) is 13.0. The van der Waals surface area contributed by atoms with Crippen LogP contribution < -0.4 is 0 Å². The zero-order valence-corrected chi connectivity index (χ0v) is 10.6. The van der Waals surface area contributed by atoms with E-state index in [2.05, 4.69) is 5.10 Å². The number of nitrogens with zero attached hydrogens (tertiary/aromatic N) is 2. The highest BCUT2D eigenvalue weighted by molar-refractivity contribution is 5.12. The molecule has 2 unspecified atom stereocenters. The van der Waals surface area contributed by atoms with E-state index in [0.29, 0.717) is 5.56 Å². The average Bonchev–Trinajstić information content (AvgIpc) is 2.85. The Bertz CT molecular complexity index is 436. The predicted octanol–water partition coefficient (Wildman–Crippen LogP) is 2.66. The first-order valence-electron chi connectivity index (χ1n) is 6.77. The number of hydrogen-bond donors (Lipinski definition) is 1. The van der Waals surface area contributed by atoms with E-state index in [9.17, 15) is 13.9 Å². The summed E-state index contributed by atoms with van der Waals surface area (Å²) in [5.41, 5.74) is 0.606. The molecule has 2 aliphatic rings. The SMILES string of the molecule is OC(c1cnn(C2CCCCO2)c1)C1CC(F)(F)C1. The van der Waals surface area contributed by atoms with Gasteiger partial charge in [-0.3, -0.25) is 0 Å². The molecule has 0 bridgehead atoms. The highest BCUT2D eigenvalue weighted by Gasteiger charge is 2.48. The number of aliphatic hydroxyl groups excluding tert-OH is 1. The first-order valence-corrected chi connectivity index (χ1v) is 6.77. The van der Waals surface area contributed by atoms with E-state index in [1.807, 2.05) is 0 Å². The summed E-state index contributed by atoms with van der Waals surface area (Å²) in [6.07, 6.45) is 4.92. The average molecular weight is 272 g/mol. The maximum atomic E-state index is 12.8. The molecule has 4 nitrogen and oxygen atoms in total. The number of ether oxygens (including phenoxy) is 1. The van der Waals surface area contributed by atoms with Crippen molar-refractivity contribution in [2.75, 3.05) is 6.61 Å². The molecule has 1 N–H and O–H groups in total. The van der Waals surface area contributed by atoms with Crippen molar-refractivity contribution < 1.29 is 18.6 Å². The fraction of sp³-hybridized carbons (Fsp3) is 0.769. The Morgan fingerprint density at radius 2 is 2.21 bits per heavy atom. The molecule has 19 heavy (non-hydrogen) atoms. The van der Waals surface area contributed by atoms with Gasteiger partial charge in [0.05, 0.1) is 12.3 Å². The smallest absolute Gasteiger partial charge is 0.248 e. The minimum atomic E-state index is -2.60. The Labute approximate surface area is 110 Å². The van der Waals surface area contributed by atoms with Crippen LogP contribution in [0.4, 0.5) is 8.78 Å². The topological polar surface area (TPSA) is 47.3 Å². The maximum absolute atomic E-state index is 12.8. The van der Waals surface area contributed by atoms with Crippen molar-refractivity contribution >= 4 is 0 Å². The predicted molar refractivity (Wildman–Crippen MR) is 63.7 cm³/mol. The van der Waals surface area contributed by atoms with Crippen molar-refractivity contribution in [3.8, 4) is 0 Å². The monoisotopic (exact) mass is 272 g/mol. The quantitative estimate of drug-likeness (QED) is 0.920. The van der Waals surface area contributed by atoms with Crippen molar-refractivity contribution in [1.82, 2.24) is 9.78 Å². The van der Waals surface area contributed by atoms with Crippen LogP contribution in [0, 0.1) is 5.92 Å². The zero-order valence-electron chi connectivity index (χ0n) is 10.6. The molecule has 1 aromatic heterocycles. The van der Waals surface area contributed by atoms with Crippen molar-refractivity contribution in [3.05, 3.63) is 18.0 Å². The van der Waals surface area contributed by atoms with E-state index < -0.39 is 12.0 Å². The van der Waals surface area contributed by atoms with Crippen LogP contribution in [0.15, 0.2) is 12.4 Å². The largest absolute Gasteiger partial charge is 0.388 e. The molecule has 2 heterocycles. The van der Waals surface area contributed by atoms with E-state index in [4.69, 9.17) is 4.74 Å². The summed E-state index contributed by atoms with van der Waals surface area (Å²) in [7, 11) is 0. The molecule has 1 aliphatic carbocycles. The number of halogens is 2. The lowest BCUT2D eigenvalue weighted by atomic mass is 9.76. The second kappa shape index (κ2) is 4.83. The van der Waals surface area contributed by atoms with E-state index in [-0.39, 0.29) is 25.0 Å². The van der Waals surface area contributed by atoms with Crippen molar-refractivity contribution in [2.45, 2.75) is 50.4 Å². The minimum absolute atomic E-state index is 0.0856. The van der Waals surface area contributed by atoms with Crippen LogP contribution in [0.1, 0.15) is 50.0 Å². The Balaban J connectivity index is 1.64. The highest BCUT2D eigenvalue weighted by atomic mass is 19.3. The van der Waals surface area contributed by atoms with Crippen LogP contribution in [-0.4, -0.2) is 27.4 Å². The summed E-state index contributed by atoms with van der Waals surface area (Å²) < 4.78 is 32.9. The maximum Gasteiger partial charge on any atom is 0.248 e. The third-order valence-corrected chi connectivity index (χ3v) is 3.98. The second-order valence-corrected chi connectivity index (χ2v) is 5.54. The van der Waals surface area contributed by atoms with Gasteiger partial charge in [-0.1, -0.05) is 0 Å². The molecule has 2 atom stereocenters. The normalized spacial score (nSPS) is 28.9. The molecule has 2 fully saturated rings. The fourth-order valence-electron chi connectivity index (χ4n) is 2.80. The van der Waals surface area contributed by atoms with Crippen LogP contribution in [0.5, 0.6) is 0 Å². The van der Waals surface area contributed by atoms with Crippen LogP contribution in [-0.2, 0) is 4.74 Å². The van der Waals surface area contributed by atoms with E-state index in [0.717, 1.165) is 25.9 Å². The lowest BCUT2D eigenvalue weighted by molar-refractivity contribution is -0.142. The third kappa shape index (κ3) is 2.65. The molecule has 3 rings (SSSR count). The molecular formula is C13H18F2N2O2. The molecule has 1 saturated heterocycles. The van der Waals surface area contributed by atoms with Gasteiger partial charge in [-0.25, -0.2) is 13.5 Å². The van der Waals surface area contributed by atoms with Crippen LogP contribution >= 0.6 is 0 Å². The van der Waals surface area contributed by atoms with Gasteiger partial charge < -0.3 is 9.84 Å². The van der Waals surface area contributed by atoms with E-state index in [1.54, 1.807) is 17.1 Å². The summed E-state index contributed by atoms with van der Waals surface area (Å²) in [5, 5.41) is 14.2. The Morgan fingerprint density at radius 1 is 1.42 bits per heavy atom. The van der Waals surface area contributed by atoms with Gasteiger partial charge in [-0.05, 0) is 19.3 Å². The van der Waals surface area contributed by atoms with Gasteiger partial charge in [0.2, 0.25) is 5.92 Å². The molecule has 106 valence electrons. The molecule has 6 heteroatoms. The van der Waals surface area contributed by atoms with Crippen molar-refractivity contribution in [1.29, 1.82) is 0 Å². The Hall–Kier alpha value is -1.01. The fourth-order valence-corrected chi connectivity index (χ4v) is 2.80. The number of rotatable bonds is 3. The molecule has 0 spiro atoms. The van der Waals surface area contributed by atoms with Crippen LogP contribution in [0.25, 0.3) is 0 Å². The lowest BCUT2D eigenvalue weighted by Gasteiger charge is -2.37. The summed E-state index contributed by atoms with van der Waals surface area (Å²) in [5.74, 6) is -2.96. The molecular weight excluding hydrogens is 254 g/mol.